The maximum atomic E-state index is 13.4. The summed E-state index contributed by atoms with van der Waals surface area (Å²) in [7, 11) is -0.536. The van der Waals surface area contributed by atoms with Gasteiger partial charge in [-0.1, -0.05) is 46.3 Å². The Morgan fingerprint density at radius 1 is 0.768 bits per heavy atom. The first-order valence-electron chi connectivity index (χ1n) is 22.7. The molecule has 3 saturated heterocycles. The Morgan fingerprint density at radius 3 is 1.78 bits per heavy atom. The molecular weight excluding hydrogens is 949 g/mol. The van der Waals surface area contributed by atoms with E-state index < -0.39 is 30.0 Å². The van der Waals surface area contributed by atoms with Crippen LogP contribution in [0.1, 0.15) is 70.7 Å². The highest BCUT2D eigenvalue weighted by atomic mass is 79.9. The van der Waals surface area contributed by atoms with Crippen LogP contribution >= 0.6 is 15.9 Å². The molecule has 3 fully saturated rings. The number of H-pyrrole nitrogens is 1. The van der Waals surface area contributed by atoms with Crippen molar-refractivity contribution >= 4 is 58.0 Å². The van der Waals surface area contributed by atoms with Crippen molar-refractivity contribution in [3.63, 3.8) is 0 Å². The number of benzene rings is 4. The molecule has 6 aromatic rings. The number of halogens is 3. The number of carbonyl (C=O) groups is 3. The molecule has 4 amide bonds. The fourth-order valence-corrected chi connectivity index (χ4v) is 8.08. The van der Waals surface area contributed by atoms with Crippen molar-refractivity contribution in [3.05, 3.63) is 148 Å². The minimum Gasteiger partial charge on any atom is -0.442 e. The molecule has 18 heteroatoms. The molecule has 1 N–H and O–H groups in total. The molecule has 362 valence electrons. The minimum atomic E-state index is -0.562. The van der Waals surface area contributed by atoms with E-state index in [1.165, 1.54) is 24.3 Å². The van der Waals surface area contributed by atoms with Gasteiger partial charge in [0.25, 0.3) is 0 Å². The molecule has 0 unspecified atom stereocenters. The summed E-state index contributed by atoms with van der Waals surface area (Å²) in [5, 5.41) is 10.8. The Hall–Kier alpha value is -6.37. The second kappa shape index (κ2) is 20.7. The highest BCUT2D eigenvalue weighted by Crippen LogP contribution is 2.36. The smallest absolute Gasteiger partial charge is 0.442 e. The molecular formula is C51H58BBrF2N8O6. The van der Waals surface area contributed by atoms with Crippen LogP contribution in [0.15, 0.2) is 114 Å². The molecule has 14 nitrogen and oxygen atoms in total. The maximum absolute atomic E-state index is 13.4. The van der Waals surface area contributed by atoms with Crippen molar-refractivity contribution in [1.29, 1.82) is 0 Å². The fourth-order valence-electron chi connectivity index (χ4n) is 7.83. The van der Waals surface area contributed by atoms with Crippen LogP contribution < -0.4 is 15.3 Å². The van der Waals surface area contributed by atoms with Crippen molar-refractivity contribution in [1.82, 2.24) is 29.8 Å². The summed E-state index contributed by atoms with van der Waals surface area (Å²) in [6, 6.07) is 24.5. The maximum Gasteiger partial charge on any atom is 0.498 e. The summed E-state index contributed by atoms with van der Waals surface area (Å²) < 4.78 is 45.9. The van der Waals surface area contributed by atoms with Gasteiger partial charge in [-0.2, -0.15) is 14.9 Å². The molecule has 0 spiro atoms. The third kappa shape index (κ3) is 12.3. The van der Waals surface area contributed by atoms with Gasteiger partial charge in [0.2, 0.25) is 0 Å². The van der Waals surface area contributed by atoms with Crippen LogP contribution in [0.25, 0.3) is 11.1 Å². The Labute approximate surface area is 410 Å². The van der Waals surface area contributed by atoms with Gasteiger partial charge in [0.05, 0.1) is 17.4 Å². The van der Waals surface area contributed by atoms with Crippen molar-refractivity contribution in [3.8, 4) is 11.1 Å². The van der Waals surface area contributed by atoms with Crippen LogP contribution in [-0.4, -0.2) is 98.0 Å². The first kappa shape index (κ1) is 50.5. The molecule has 3 aliphatic rings. The van der Waals surface area contributed by atoms with E-state index >= 15 is 0 Å². The second-order valence-corrected chi connectivity index (χ2v) is 20.0. The van der Waals surface area contributed by atoms with E-state index in [1.807, 2.05) is 117 Å². The third-order valence-electron chi connectivity index (χ3n) is 12.2. The lowest BCUT2D eigenvalue weighted by molar-refractivity contribution is 0.00578. The topological polar surface area (TPSA) is 138 Å². The lowest BCUT2D eigenvalue weighted by Crippen LogP contribution is -2.41. The lowest BCUT2D eigenvalue weighted by Gasteiger charge is -2.32. The molecule has 0 atom stereocenters. The van der Waals surface area contributed by atoms with E-state index in [0.29, 0.717) is 44.7 Å². The molecule has 0 saturated carbocycles. The highest BCUT2D eigenvalue weighted by molar-refractivity contribution is 9.10. The number of amides is 4. The van der Waals surface area contributed by atoms with Crippen molar-refractivity contribution in [2.24, 2.45) is 0 Å². The number of hydrogen-bond donors (Lipinski definition) is 1. The quantitative estimate of drug-likeness (QED) is 0.149. The number of ether oxygens (including phenoxy) is 1. The second-order valence-electron chi connectivity index (χ2n) is 19.2. The Morgan fingerprint density at radius 2 is 1.30 bits per heavy atom. The first-order valence-corrected chi connectivity index (χ1v) is 23.5. The van der Waals surface area contributed by atoms with Crippen LogP contribution in [0.4, 0.5) is 34.5 Å². The van der Waals surface area contributed by atoms with Gasteiger partial charge in [-0.15, -0.1) is 0 Å². The Kier molecular flexibility index (Phi) is 15.2. The molecule has 0 radical (unpaired) electrons. The number of aromatic nitrogens is 4. The monoisotopic (exact) mass is 1010 g/mol. The van der Waals surface area contributed by atoms with Gasteiger partial charge < -0.3 is 23.8 Å². The van der Waals surface area contributed by atoms with Crippen LogP contribution in [0.3, 0.4) is 0 Å². The first-order chi connectivity index (χ1) is 32.6. The van der Waals surface area contributed by atoms with Gasteiger partial charge in [0.15, 0.2) is 0 Å². The van der Waals surface area contributed by atoms with Crippen molar-refractivity contribution in [2.45, 2.75) is 92.2 Å². The molecule has 69 heavy (non-hydrogen) atoms. The lowest BCUT2D eigenvalue weighted by atomic mass is 9.82. The summed E-state index contributed by atoms with van der Waals surface area (Å²) >= 11 is 3.47. The van der Waals surface area contributed by atoms with Crippen LogP contribution in [0, 0.1) is 25.5 Å². The SMILES string of the molecule is CC(C)(C)OC(=O)n1cc(B2OC(C)(C)C(C)(C)O2)cn1.Cc1cc(N2CCN(Cc3cccc(F)c3)C2=O)ccc1-c1cn[nH]c1.Cc1cc(N2CCN(Cc3cccc(F)c3)C2=O)ccc1Br. The normalized spacial score (nSPS) is 16.4. The standard InChI is InChI=1S/C20H19FN4O.C17H16BrFN2O.C14H23BN2O4/c1-14-9-18(5-6-19(14)16-11-22-23-12-16)25-8-7-24(20(25)26)13-15-3-2-4-17(21)10-15;1-12-9-15(5-6-16(12)18)21-8-7-20(17(21)22)11-13-3-2-4-14(19)10-13;1-12(2,3)19-11(18)17-9-10(8-16-17)15-20-13(4,5)14(6,7)21-15/h2-6,9-12H,7-8,13H2,1H3,(H,22,23);2-6,9-10H,7-8,11H2,1H3;8-9H,1-7H3. The fraction of sp³-hybridized carbons (Fsp3) is 0.353. The zero-order chi connectivity index (χ0) is 49.8. The summed E-state index contributed by atoms with van der Waals surface area (Å²) in [6.07, 6.45) is 6.25. The van der Waals surface area contributed by atoms with Gasteiger partial charge in [-0.25, -0.2) is 23.2 Å². The number of nitrogens with zero attached hydrogens (tertiary/aromatic N) is 7. The van der Waals surface area contributed by atoms with E-state index in [1.54, 1.807) is 50.3 Å². The zero-order valence-electron chi connectivity index (χ0n) is 40.4. The van der Waals surface area contributed by atoms with Gasteiger partial charge in [0, 0.05) is 84.7 Å². The predicted molar refractivity (Wildman–Crippen MR) is 266 cm³/mol. The van der Waals surface area contributed by atoms with Crippen LogP contribution in [-0.2, 0) is 27.1 Å². The molecule has 3 aliphatic heterocycles. The Bertz CT molecular complexity index is 2780. The number of nitrogens with one attached hydrogen (secondary N) is 1. The van der Waals surface area contributed by atoms with Crippen molar-refractivity contribution in [2.75, 3.05) is 36.0 Å². The van der Waals surface area contributed by atoms with E-state index in [9.17, 15) is 23.2 Å². The number of carbonyl (C=O) groups excluding carboxylic acids is 3. The molecule has 0 bridgehead atoms. The molecule has 2 aromatic heterocycles. The van der Waals surface area contributed by atoms with Gasteiger partial charge >= 0.3 is 25.3 Å². The van der Waals surface area contributed by atoms with Crippen LogP contribution in [0.2, 0.25) is 0 Å². The minimum absolute atomic E-state index is 0.0361. The predicted octanol–water partition coefficient (Wildman–Crippen LogP) is 10.3. The average molecular weight is 1010 g/mol. The number of urea groups is 2. The molecule has 0 aliphatic carbocycles. The number of rotatable bonds is 8. The largest absolute Gasteiger partial charge is 0.498 e. The van der Waals surface area contributed by atoms with E-state index in [2.05, 4.69) is 31.2 Å². The third-order valence-corrected chi connectivity index (χ3v) is 13.1. The number of anilines is 2. The molecule has 9 rings (SSSR count). The zero-order valence-corrected chi connectivity index (χ0v) is 42.0. The van der Waals surface area contributed by atoms with Gasteiger partial charge in [0.1, 0.15) is 17.2 Å². The summed E-state index contributed by atoms with van der Waals surface area (Å²) in [5.74, 6) is -0.555. The van der Waals surface area contributed by atoms with Crippen molar-refractivity contribution < 1.29 is 37.2 Å². The number of aromatic amines is 1. The summed E-state index contributed by atoms with van der Waals surface area (Å²) in [6.45, 7) is 20.7. The van der Waals surface area contributed by atoms with E-state index in [0.717, 1.165) is 53.9 Å². The number of hydrogen-bond acceptors (Lipinski definition) is 8. The Balaban J connectivity index is 0.000000154. The summed E-state index contributed by atoms with van der Waals surface area (Å²) in [5.41, 5.74) is 6.95. The summed E-state index contributed by atoms with van der Waals surface area (Å²) in [4.78, 5) is 44.3. The van der Waals surface area contributed by atoms with Gasteiger partial charge in [-0.3, -0.25) is 14.9 Å². The van der Waals surface area contributed by atoms with Gasteiger partial charge in [-0.05, 0) is 145 Å². The number of aryl methyl sites for hydroxylation is 2. The van der Waals surface area contributed by atoms with E-state index in [4.69, 9.17) is 14.0 Å². The average Bonchev–Trinajstić information content (AvgIpc) is 4.13. The highest BCUT2D eigenvalue weighted by Gasteiger charge is 2.52. The molecule has 5 heterocycles. The molecule has 4 aromatic carbocycles. The van der Waals surface area contributed by atoms with E-state index in [-0.39, 0.29) is 23.7 Å². The van der Waals surface area contributed by atoms with Crippen LogP contribution in [0.5, 0.6) is 0 Å².